The summed E-state index contributed by atoms with van der Waals surface area (Å²) in [6.45, 7) is 0. The zero-order valence-corrected chi connectivity index (χ0v) is 12.6. The van der Waals surface area contributed by atoms with Crippen molar-refractivity contribution >= 4 is 46.6 Å². The Morgan fingerprint density at radius 2 is 1.86 bits per heavy atom. The van der Waals surface area contributed by atoms with E-state index in [1.165, 1.54) is 22.0 Å². The van der Waals surface area contributed by atoms with Crippen molar-refractivity contribution in [1.82, 2.24) is 0 Å². The number of ether oxygens (including phenoxy) is 1. The molecule has 3 heteroatoms. The molecule has 0 saturated heterocycles. The molecule has 14 heavy (non-hydrogen) atoms. The van der Waals surface area contributed by atoms with Gasteiger partial charge in [0.25, 0.3) is 0 Å². The Hall–Kier alpha value is 0.640. The predicted octanol–water partition coefficient (Wildman–Crippen LogP) is 4.01. The number of halogens is 2. The molecule has 0 heterocycles. The van der Waals surface area contributed by atoms with Crippen LogP contribution in [0.15, 0.2) is 24.3 Å². The first-order chi connectivity index (χ1) is 6.31. The van der Waals surface area contributed by atoms with Gasteiger partial charge in [0.15, 0.2) is 0 Å². The second kappa shape index (κ2) is 5.65. The number of hydrogen-bond donors (Lipinski definition) is 0. The highest BCUT2D eigenvalue weighted by Crippen LogP contribution is 2.42. The van der Waals surface area contributed by atoms with Crippen LogP contribution in [0.25, 0.3) is 0 Å². The van der Waals surface area contributed by atoms with Gasteiger partial charge in [-0.15, -0.1) is 24.0 Å². The summed E-state index contributed by atoms with van der Waals surface area (Å²) in [7, 11) is 1.81. The van der Waals surface area contributed by atoms with Gasteiger partial charge in [0.1, 0.15) is 0 Å². The molecule has 0 spiro atoms. The van der Waals surface area contributed by atoms with E-state index in [1.807, 2.05) is 0 Å². The van der Waals surface area contributed by atoms with Gasteiger partial charge < -0.3 is 4.74 Å². The summed E-state index contributed by atoms with van der Waals surface area (Å²) in [4.78, 5) is 0. The SMILES string of the molecule is COC(c1ccc(I)cc1)C1CC1.I. The van der Waals surface area contributed by atoms with Gasteiger partial charge in [0, 0.05) is 10.7 Å². The summed E-state index contributed by atoms with van der Waals surface area (Å²) >= 11 is 2.32. The van der Waals surface area contributed by atoms with Crippen molar-refractivity contribution in [3.8, 4) is 0 Å². The van der Waals surface area contributed by atoms with Crippen molar-refractivity contribution in [2.45, 2.75) is 18.9 Å². The van der Waals surface area contributed by atoms with E-state index in [0.29, 0.717) is 6.10 Å². The average molecular weight is 416 g/mol. The first-order valence-corrected chi connectivity index (χ1v) is 5.67. The molecule has 0 aliphatic heterocycles. The monoisotopic (exact) mass is 416 g/mol. The topological polar surface area (TPSA) is 9.23 Å². The third-order valence-corrected chi connectivity index (χ3v) is 3.22. The van der Waals surface area contributed by atoms with Crippen LogP contribution in [0, 0.1) is 9.49 Å². The minimum atomic E-state index is 0. The maximum atomic E-state index is 5.50. The molecule has 78 valence electrons. The van der Waals surface area contributed by atoms with Crippen molar-refractivity contribution in [1.29, 1.82) is 0 Å². The van der Waals surface area contributed by atoms with Crippen LogP contribution in [0.2, 0.25) is 0 Å². The van der Waals surface area contributed by atoms with E-state index < -0.39 is 0 Å². The lowest BCUT2D eigenvalue weighted by atomic mass is 10.1. The predicted molar refractivity (Wildman–Crippen MR) is 77.0 cm³/mol. The van der Waals surface area contributed by atoms with Crippen LogP contribution < -0.4 is 0 Å². The minimum absolute atomic E-state index is 0. The lowest BCUT2D eigenvalue weighted by Crippen LogP contribution is -2.03. The first kappa shape index (κ1) is 12.7. The quantitative estimate of drug-likeness (QED) is 0.678. The molecule has 1 aromatic carbocycles. The Morgan fingerprint density at radius 3 is 2.29 bits per heavy atom. The highest BCUT2D eigenvalue weighted by atomic mass is 127. The number of benzene rings is 1. The number of methoxy groups -OCH3 is 1. The summed E-state index contributed by atoms with van der Waals surface area (Å²) < 4.78 is 6.78. The molecule has 1 fully saturated rings. The smallest absolute Gasteiger partial charge is 0.0849 e. The molecule has 2 rings (SSSR count). The zero-order chi connectivity index (χ0) is 9.26. The van der Waals surface area contributed by atoms with E-state index in [9.17, 15) is 0 Å². The summed E-state index contributed by atoms with van der Waals surface area (Å²) in [6.07, 6.45) is 2.98. The molecule has 1 saturated carbocycles. The van der Waals surface area contributed by atoms with Crippen molar-refractivity contribution in [3.63, 3.8) is 0 Å². The van der Waals surface area contributed by atoms with E-state index in [1.54, 1.807) is 7.11 Å². The fraction of sp³-hybridized carbons (Fsp3) is 0.455. The standard InChI is InChI=1S/C11H13IO.HI/c1-13-11(8-2-3-8)9-4-6-10(12)7-5-9;/h4-8,11H,2-3H2,1H3;1H. The Morgan fingerprint density at radius 1 is 1.29 bits per heavy atom. The third kappa shape index (κ3) is 3.06. The summed E-state index contributed by atoms with van der Waals surface area (Å²) in [5.74, 6) is 0.769. The highest BCUT2D eigenvalue weighted by molar-refractivity contribution is 14.1. The maximum Gasteiger partial charge on any atom is 0.0849 e. The van der Waals surface area contributed by atoms with E-state index >= 15 is 0 Å². The van der Waals surface area contributed by atoms with Crippen LogP contribution in [0.1, 0.15) is 24.5 Å². The van der Waals surface area contributed by atoms with Gasteiger partial charge in [-0.2, -0.15) is 0 Å². The van der Waals surface area contributed by atoms with Crippen LogP contribution in [0.4, 0.5) is 0 Å². The van der Waals surface area contributed by atoms with Gasteiger partial charge in [-0.3, -0.25) is 0 Å². The molecular weight excluding hydrogens is 402 g/mol. The molecule has 1 aliphatic rings. The second-order valence-electron chi connectivity index (χ2n) is 3.55. The second-order valence-corrected chi connectivity index (χ2v) is 4.79. The first-order valence-electron chi connectivity index (χ1n) is 4.59. The molecule has 0 amide bonds. The Kier molecular flexibility index (Phi) is 5.13. The molecule has 0 aromatic heterocycles. The molecule has 1 aliphatic carbocycles. The van der Waals surface area contributed by atoms with Gasteiger partial charge in [-0.05, 0) is 59.0 Å². The Bertz CT molecular complexity index is 280. The van der Waals surface area contributed by atoms with E-state index in [2.05, 4.69) is 46.9 Å². The van der Waals surface area contributed by atoms with E-state index in [0.717, 1.165) is 5.92 Å². The summed E-state index contributed by atoms with van der Waals surface area (Å²) in [6, 6.07) is 8.64. The molecule has 0 N–H and O–H groups in total. The average Bonchev–Trinajstić information content (AvgIpc) is 2.93. The molecule has 1 atom stereocenters. The van der Waals surface area contributed by atoms with Crippen molar-refractivity contribution in [2.75, 3.05) is 7.11 Å². The fourth-order valence-electron chi connectivity index (χ4n) is 1.65. The molecule has 0 bridgehead atoms. The van der Waals surface area contributed by atoms with Crippen LogP contribution in [0.3, 0.4) is 0 Å². The summed E-state index contributed by atoms with van der Waals surface area (Å²) in [5, 5.41) is 0. The maximum absolute atomic E-state index is 5.50. The molecule has 1 nitrogen and oxygen atoms in total. The van der Waals surface area contributed by atoms with Gasteiger partial charge in [0.2, 0.25) is 0 Å². The van der Waals surface area contributed by atoms with Crippen molar-refractivity contribution in [2.24, 2.45) is 5.92 Å². The molecule has 0 radical (unpaired) electrons. The van der Waals surface area contributed by atoms with E-state index in [-0.39, 0.29) is 24.0 Å². The van der Waals surface area contributed by atoms with Crippen molar-refractivity contribution < 1.29 is 4.74 Å². The third-order valence-electron chi connectivity index (χ3n) is 2.50. The Balaban J connectivity index is 0.000000980. The highest BCUT2D eigenvalue weighted by Gasteiger charge is 2.32. The number of hydrogen-bond acceptors (Lipinski definition) is 1. The summed E-state index contributed by atoms with van der Waals surface area (Å²) in [5.41, 5.74) is 1.32. The van der Waals surface area contributed by atoms with Crippen LogP contribution in [0.5, 0.6) is 0 Å². The lowest BCUT2D eigenvalue weighted by molar-refractivity contribution is 0.0846. The Labute approximate surface area is 116 Å². The van der Waals surface area contributed by atoms with E-state index in [4.69, 9.17) is 4.74 Å². The number of rotatable bonds is 3. The zero-order valence-electron chi connectivity index (χ0n) is 8.07. The fourth-order valence-corrected chi connectivity index (χ4v) is 2.01. The van der Waals surface area contributed by atoms with Gasteiger partial charge >= 0.3 is 0 Å². The molecule has 1 aromatic rings. The minimum Gasteiger partial charge on any atom is -0.376 e. The van der Waals surface area contributed by atoms with Gasteiger partial charge in [0.05, 0.1) is 6.10 Å². The van der Waals surface area contributed by atoms with Crippen LogP contribution in [-0.4, -0.2) is 7.11 Å². The lowest BCUT2D eigenvalue weighted by Gasteiger charge is -2.14. The molecular formula is C11H14I2O. The van der Waals surface area contributed by atoms with Crippen LogP contribution in [-0.2, 0) is 4.74 Å². The largest absolute Gasteiger partial charge is 0.376 e. The normalized spacial score (nSPS) is 17.3. The van der Waals surface area contributed by atoms with Crippen molar-refractivity contribution in [3.05, 3.63) is 33.4 Å². The molecule has 1 unspecified atom stereocenters. The van der Waals surface area contributed by atoms with Gasteiger partial charge in [-0.1, -0.05) is 12.1 Å². The van der Waals surface area contributed by atoms with Crippen LogP contribution >= 0.6 is 46.6 Å². The van der Waals surface area contributed by atoms with Gasteiger partial charge in [-0.25, -0.2) is 0 Å².